The molecule has 0 bridgehead atoms. The first-order chi connectivity index (χ1) is 11.1. The molecule has 128 valence electrons. The molecule has 0 saturated heterocycles. The Morgan fingerprint density at radius 1 is 1.52 bits per heavy atom. The van der Waals surface area contributed by atoms with Gasteiger partial charge in [-0.3, -0.25) is 15.1 Å². The summed E-state index contributed by atoms with van der Waals surface area (Å²) in [7, 11) is 2.13. The van der Waals surface area contributed by atoms with E-state index in [0.717, 1.165) is 31.1 Å². The van der Waals surface area contributed by atoms with Crippen molar-refractivity contribution in [3.8, 4) is 0 Å². The minimum absolute atomic E-state index is 0.244. The number of thiophene rings is 1. The second-order valence-corrected chi connectivity index (χ2v) is 7.89. The molecule has 1 aromatic rings. The van der Waals surface area contributed by atoms with Gasteiger partial charge < -0.3 is 10.2 Å². The van der Waals surface area contributed by atoms with Gasteiger partial charge in [0.2, 0.25) is 0 Å². The van der Waals surface area contributed by atoms with E-state index in [1.807, 2.05) is 23.1 Å². The maximum atomic E-state index is 10.9. The van der Waals surface area contributed by atoms with Crippen LogP contribution in [0.1, 0.15) is 23.1 Å². The van der Waals surface area contributed by atoms with Crippen LogP contribution < -0.4 is 5.32 Å². The second-order valence-electron chi connectivity index (χ2n) is 5.53. The van der Waals surface area contributed by atoms with Gasteiger partial charge in [-0.05, 0) is 25.7 Å². The maximum absolute atomic E-state index is 10.9. The van der Waals surface area contributed by atoms with Crippen molar-refractivity contribution in [2.75, 3.05) is 32.4 Å². The summed E-state index contributed by atoms with van der Waals surface area (Å²) in [6, 6.07) is 3.78. The van der Waals surface area contributed by atoms with Crippen molar-refractivity contribution >= 4 is 28.9 Å². The number of hydrogen-bond donors (Lipinski definition) is 1. The highest BCUT2D eigenvalue weighted by molar-refractivity contribution is 7.98. The first kappa shape index (κ1) is 18.2. The SMILES string of the molecule is CCN(C)Cc1ccc(CSCCNC2=NCCC2[N+](=O)[O-])s1. The number of nitrogens with one attached hydrogen (secondary N) is 1. The first-order valence-corrected chi connectivity index (χ1v) is 9.83. The summed E-state index contributed by atoms with van der Waals surface area (Å²) in [6.45, 7) is 5.52. The van der Waals surface area contributed by atoms with Crippen molar-refractivity contribution in [2.45, 2.75) is 31.7 Å². The zero-order valence-corrected chi connectivity index (χ0v) is 15.3. The lowest BCUT2D eigenvalue weighted by Gasteiger charge is -2.11. The third-order valence-corrected chi connectivity index (χ3v) is 6.00. The van der Waals surface area contributed by atoms with E-state index in [-0.39, 0.29) is 4.92 Å². The molecule has 2 rings (SSSR count). The molecular weight excluding hydrogens is 332 g/mol. The Morgan fingerprint density at radius 3 is 3.04 bits per heavy atom. The predicted octanol–water partition coefficient (Wildman–Crippen LogP) is 2.47. The number of rotatable bonds is 9. The minimum Gasteiger partial charge on any atom is -0.367 e. The molecular formula is C15H24N4O2S2. The van der Waals surface area contributed by atoms with Crippen LogP contribution in [0.2, 0.25) is 0 Å². The molecule has 1 aromatic heterocycles. The number of aliphatic imine (C=N–C) groups is 1. The molecule has 0 spiro atoms. The van der Waals surface area contributed by atoms with Gasteiger partial charge in [0.25, 0.3) is 6.04 Å². The smallest absolute Gasteiger partial charge is 0.270 e. The number of nitrogens with zero attached hydrogens (tertiary/aromatic N) is 3. The summed E-state index contributed by atoms with van der Waals surface area (Å²) in [5.41, 5.74) is 0. The molecule has 0 amide bonds. The van der Waals surface area contributed by atoms with Gasteiger partial charge in [-0.1, -0.05) is 6.92 Å². The Bertz CT molecular complexity index is 547. The standard InChI is InChI=1S/C15H24N4O2S2/c1-3-18(2)10-12-4-5-13(23-12)11-22-9-8-17-15-14(19(20)21)6-7-16-15/h4-5,14H,3,6-11H2,1-2H3,(H,16,17). The van der Waals surface area contributed by atoms with E-state index in [9.17, 15) is 10.1 Å². The molecule has 0 aromatic carbocycles. The number of amidine groups is 1. The summed E-state index contributed by atoms with van der Waals surface area (Å²) >= 11 is 3.72. The molecule has 2 heterocycles. The fraction of sp³-hybridized carbons (Fsp3) is 0.667. The maximum Gasteiger partial charge on any atom is 0.270 e. The van der Waals surface area contributed by atoms with Gasteiger partial charge in [-0.15, -0.1) is 11.3 Å². The van der Waals surface area contributed by atoms with E-state index in [0.29, 0.717) is 18.8 Å². The lowest BCUT2D eigenvalue weighted by atomic mass is 10.2. The van der Waals surface area contributed by atoms with E-state index in [1.165, 1.54) is 9.75 Å². The summed E-state index contributed by atoms with van der Waals surface area (Å²) in [5, 5.41) is 14.0. The quantitative estimate of drug-likeness (QED) is 0.418. The van der Waals surface area contributed by atoms with E-state index in [1.54, 1.807) is 0 Å². The van der Waals surface area contributed by atoms with Crippen LogP contribution >= 0.6 is 23.1 Å². The fourth-order valence-electron chi connectivity index (χ4n) is 2.32. The molecule has 6 nitrogen and oxygen atoms in total. The third-order valence-electron chi connectivity index (χ3n) is 3.73. The molecule has 1 unspecified atom stereocenters. The van der Waals surface area contributed by atoms with Gasteiger partial charge in [-0.25, -0.2) is 0 Å². The Hall–Kier alpha value is -1.12. The summed E-state index contributed by atoms with van der Waals surface area (Å²) in [4.78, 5) is 19.9. The van der Waals surface area contributed by atoms with Crippen LogP contribution in [-0.4, -0.2) is 54.1 Å². The first-order valence-electron chi connectivity index (χ1n) is 7.85. The van der Waals surface area contributed by atoms with Crippen molar-refractivity contribution in [2.24, 2.45) is 4.99 Å². The Kier molecular flexibility index (Phi) is 7.32. The van der Waals surface area contributed by atoms with Gasteiger partial charge >= 0.3 is 0 Å². The summed E-state index contributed by atoms with van der Waals surface area (Å²) in [5.74, 6) is 2.47. The van der Waals surface area contributed by atoms with Crippen molar-refractivity contribution < 1.29 is 4.92 Å². The van der Waals surface area contributed by atoms with Crippen LogP contribution in [0, 0.1) is 10.1 Å². The zero-order chi connectivity index (χ0) is 16.7. The zero-order valence-electron chi connectivity index (χ0n) is 13.7. The molecule has 23 heavy (non-hydrogen) atoms. The van der Waals surface area contributed by atoms with Crippen LogP contribution in [0.5, 0.6) is 0 Å². The van der Waals surface area contributed by atoms with Crippen LogP contribution in [0.15, 0.2) is 17.1 Å². The van der Waals surface area contributed by atoms with E-state index >= 15 is 0 Å². The van der Waals surface area contributed by atoms with E-state index in [2.05, 4.69) is 41.3 Å². The predicted molar refractivity (Wildman–Crippen MR) is 98.2 cm³/mol. The van der Waals surface area contributed by atoms with Crippen molar-refractivity contribution in [3.05, 3.63) is 32.0 Å². The average Bonchev–Trinajstić information content (AvgIpc) is 3.16. The Labute approximate surface area is 145 Å². The molecule has 0 saturated carbocycles. The Morgan fingerprint density at radius 2 is 2.30 bits per heavy atom. The fourth-order valence-corrected chi connectivity index (χ4v) is 4.38. The van der Waals surface area contributed by atoms with Gasteiger partial charge in [0.05, 0.1) is 0 Å². The molecule has 1 atom stereocenters. The summed E-state index contributed by atoms with van der Waals surface area (Å²) in [6.07, 6.45) is 0.520. The monoisotopic (exact) mass is 356 g/mol. The molecule has 0 radical (unpaired) electrons. The summed E-state index contributed by atoms with van der Waals surface area (Å²) < 4.78 is 0. The highest BCUT2D eigenvalue weighted by Crippen LogP contribution is 2.22. The molecule has 1 aliphatic rings. The van der Waals surface area contributed by atoms with Crippen LogP contribution in [0.3, 0.4) is 0 Å². The van der Waals surface area contributed by atoms with Crippen LogP contribution in [0.25, 0.3) is 0 Å². The van der Waals surface area contributed by atoms with Gasteiger partial charge in [-0.2, -0.15) is 11.8 Å². The minimum atomic E-state index is -0.629. The van der Waals surface area contributed by atoms with E-state index < -0.39 is 6.04 Å². The highest BCUT2D eigenvalue weighted by Gasteiger charge is 2.30. The van der Waals surface area contributed by atoms with Gasteiger partial charge in [0, 0.05) is 52.2 Å². The molecule has 8 heteroatoms. The Balaban J connectivity index is 1.63. The molecule has 1 aliphatic heterocycles. The van der Waals surface area contributed by atoms with Gasteiger partial charge in [0.15, 0.2) is 5.84 Å². The van der Waals surface area contributed by atoms with Gasteiger partial charge in [0.1, 0.15) is 0 Å². The number of thioether (sulfide) groups is 1. The topological polar surface area (TPSA) is 70.8 Å². The largest absolute Gasteiger partial charge is 0.367 e. The van der Waals surface area contributed by atoms with Crippen molar-refractivity contribution in [1.29, 1.82) is 0 Å². The molecule has 0 fully saturated rings. The number of hydrogen-bond acceptors (Lipinski definition) is 7. The third kappa shape index (κ3) is 5.78. The van der Waals surface area contributed by atoms with Crippen molar-refractivity contribution in [3.63, 3.8) is 0 Å². The van der Waals surface area contributed by atoms with Crippen LogP contribution in [-0.2, 0) is 12.3 Å². The van der Waals surface area contributed by atoms with Crippen LogP contribution in [0.4, 0.5) is 0 Å². The lowest BCUT2D eigenvalue weighted by Crippen LogP contribution is -2.37. The highest BCUT2D eigenvalue weighted by atomic mass is 32.2. The normalized spacial score (nSPS) is 17.5. The van der Waals surface area contributed by atoms with Crippen molar-refractivity contribution in [1.82, 2.24) is 10.2 Å². The lowest BCUT2D eigenvalue weighted by molar-refractivity contribution is -0.502. The molecule has 1 N–H and O–H groups in total. The molecule has 0 aliphatic carbocycles. The second kappa shape index (κ2) is 9.24. The van der Waals surface area contributed by atoms with E-state index in [4.69, 9.17) is 0 Å². The number of nitro groups is 1. The average molecular weight is 357 g/mol.